The lowest BCUT2D eigenvalue weighted by atomic mass is 10.2. The van der Waals surface area contributed by atoms with E-state index in [0.717, 1.165) is 5.56 Å². The van der Waals surface area contributed by atoms with E-state index >= 15 is 0 Å². The van der Waals surface area contributed by atoms with Gasteiger partial charge in [-0.1, -0.05) is 6.07 Å². The van der Waals surface area contributed by atoms with Crippen molar-refractivity contribution in [2.75, 3.05) is 31.6 Å². The number of nitrogens with two attached hydrogens (primary N) is 1. The van der Waals surface area contributed by atoms with Gasteiger partial charge in [0.2, 0.25) is 16.6 Å². The summed E-state index contributed by atoms with van der Waals surface area (Å²) in [4.78, 5) is 23.8. The smallest absolute Gasteiger partial charge is 0.290 e. The monoisotopic (exact) mass is 419 g/mol. The third kappa shape index (κ3) is 4.97. The minimum absolute atomic E-state index is 0.0546. The predicted molar refractivity (Wildman–Crippen MR) is 105 cm³/mol. The van der Waals surface area contributed by atoms with Crippen LogP contribution < -0.4 is 15.6 Å². The summed E-state index contributed by atoms with van der Waals surface area (Å²) in [6.07, 6.45) is 3.12. The van der Waals surface area contributed by atoms with Gasteiger partial charge in [-0.3, -0.25) is 9.59 Å². The Morgan fingerprint density at radius 3 is 2.66 bits per heavy atom. The van der Waals surface area contributed by atoms with Crippen LogP contribution in [0, 0.1) is 6.92 Å². The molecule has 0 radical (unpaired) electrons. The highest BCUT2D eigenvalue weighted by Crippen LogP contribution is 2.23. The topological polar surface area (TPSA) is 123 Å². The molecule has 0 saturated carbocycles. The zero-order valence-corrected chi connectivity index (χ0v) is 16.8. The van der Waals surface area contributed by atoms with Crippen LogP contribution in [0.25, 0.3) is 0 Å². The van der Waals surface area contributed by atoms with Gasteiger partial charge in [-0.05, 0) is 30.7 Å². The molecule has 2 amide bonds. The Balaban J connectivity index is 1.77. The van der Waals surface area contributed by atoms with E-state index in [1.165, 1.54) is 27.2 Å². The third-order valence-electron chi connectivity index (χ3n) is 4.56. The van der Waals surface area contributed by atoms with Crippen molar-refractivity contribution >= 4 is 27.5 Å². The van der Waals surface area contributed by atoms with Crippen LogP contribution in [0.4, 0.5) is 5.69 Å². The molecule has 1 fully saturated rings. The highest BCUT2D eigenvalue weighted by atomic mass is 32.2. The molecule has 3 N–H and O–H groups in total. The van der Waals surface area contributed by atoms with E-state index in [4.69, 9.17) is 10.5 Å². The minimum Gasteiger partial charge on any atom is -0.379 e. The number of aromatic nitrogens is 1. The fraction of sp³-hybridized carbons (Fsp3) is 0.316. The summed E-state index contributed by atoms with van der Waals surface area (Å²) in [5, 5.41) is 2.74. The van der Waals surface area contributed by atoms with Crippen molar-refractivity contribution in [1.29, 1.82) is 0 Å². The number of carbonyl (C=O) groups is 2. The highest BCUT2D eigenvalue weighted by molar-refractivity contribution is 7.89. The first-order chi connectivity index (χ1) is 13.8. The molecule has 0 atom stereocenters. The van der Waals surface area contributed by atoms with Crippen molar-refractivity contribution in [3.8, 4) is 0 Å². The predicted octanol–water partition coefficient (Wildman–Crippen LogP) is 0.0410. The zero-order chi connectivity index (χ0) is 21.0. The normalized spacial score (nSPS) is 15.1. The standard InChI is InChI=1S/C19H22N4O5S/c1-14-4-5-16(29(26,27)23-7-9-28-10-8-23)11-17(14)21-18(24)13-22-6-2-3-15(12-22)19(20)25/h2-6,11-12H,7-10,13H2,1H3,(H2-,20,21,24,25)/p+1. The van der Waals surface area contributed by atoms with Crippen molar-refractivity contribution < 1.29 is 27.3 Å². The van der Waals surface area contributed by atoms with Gasteiger partial charge in [0.1, 0.15) is 5.56 Å². The summed E-state index contributed by atoms with van der Waals surface area (Å²) < 4.78 is 33.8. The maximum absolute atomic E-state index is 12.8. The van der Waals surface area contributed by atoms with Crippen LogP contribution in [0.2, 0.25) is 0 Å². The van der Waals surface area contributed by atoms with Gasteiger partial charge in [0.15, 0.2) is 12.4 Å². The van der Waals surface area contributed by atoms with Crippen LogP contribution >= 0.6 is 0 Å². The molecule has 1 aromatic carbocycles. The number of amides is 2. The van der Waals surface area contributed by atoms with Crippen molar-refractivity contribution in [2.45, 2.75) is 18.4 Å². The molecule has 0 aliphatic carbocycles. The molecule has 0 unspecified atom stereocenters. The zero-order valence-electron chi connectivity index (χ0n) is 16.0. The fourth-order valence-corrected chi connectivity index (χ4v) is 4.39. The van der Waals surface area contributed by atoms with Crippen LogP contribution in [0.1, 0.15) is 15.9 Å². The Morgan fingerprint density at radius 2 is 1.97 bits per heavy atom. The average molecular weight is 419 g/mol. The van der Waals surface area contributed by atoms with E-state index < -0.39 is 15.9 Å². The van der Waals surface area contributed by atoms with Crippen LogP contribution in [0.3, 0.4) is 0 Å². The molecule has 1 aliphatic rings. The molecule has 10 heteroatoms. The van der Waals surface area contributed by atoms with Gasteiger partial charge in [-0.2, -0.15) is 8.87 Å². The molecule has 1 aromatic heterocycles. The molecule has 1 aliphatic heterocycles. The molecule has 1 saturated heterocycles. The summed E-state index contributed by atoms with van der Waals surface area (Å²) in [5.41, 5.74) is 6.69. The molecule has 2 aromatic rings. The van der Waals surface area contributed by atoms with Gasteiger partial charge in [0, 0.05) is 24.8 Å². The number of primary amides is 1. The number of carbonyl (C=O) groups excluding carboxylic acids is 2. The molecule has 29 heavy (non-hydrogen) atoms. The van der Waals surface area contributed by atoms with Crippen molar-refractivity contribution in [3.63, 3.8) is 0 Å². The lowest BCUT2D eigenvalue weighted by Gasteiger charge is -2.26. The minimum atomic E-state index is -3.67. The van der Waals surface area contributed by atoms with Gasteiger partial charge >= 0.3 is 0 Å². The first-order valence-electron chi connectivity index (χ1n) is 9.04. The van der Waals surface area contributed by atoms with E-state index in [1.807, 2.05) is 0 Å². The maximum atomic E-state index is 12.8. The molecular formula is C19H23N4O5S+. The Morgan fingerprint density at radius 1 is 1.24 bits per heavy atom. The van der Waals surface area contributed by atoms with E-state index in [-0.39, 0.29) is 22.9 Å². The van der Waals surface area contributed by atoms with Crippen LogP contribution in [-0.2, 0) is 26.1 Å². The number of morpholine rings is 1. The van der Waals surface area contributed by atoms with Gasteiger partial charge in [0.25, 0.3) is 11.8 Å². The first-order valence-corrected chi connectivity index (χ1v) is 10.5. The first kappa shape index (κ1) is 20.9. The van der Waals surface area contributed by atoms with E-state index in [2.05, 4.69) is 5.32 Å². The molecule has 2 heterocycles. The SMILES string of the molecule is Cc1ccc(S(=O)(=O)N2CCOCC2)cc1NC(=O)C[n+]1cccc(C(N)=O)c1. The summed E-state index contributed by atoms with van der Waals surface area (Å²) in [6.45, 7) is 3.03. The summed E-state index contributed by atoms with van der Waals surface area (Å²) in [6, 6.07) is 7.82. The fourth-order valence-electron chi connectivity index (χ4n) is 2.95. The Kier molecular flexibility index (Phi) is 6.26. The van der Waals surface area contributed by atoms with Gasteiger partial charge in [0.05, 0.1) is 18.1 Å². The number of nitrogens with zero attached hydrogens (tertiary/aromatic N) is 2. The molecule has 0 bridgehead atoms. The number of nitrogens with one attached hydrogen (secondary N) is 1. The number of anilines is 1. The lowest BCUT2D eigenvalue weighted by molar-refractivity contribution is -0.684. The number of rotatable bonds is 6. The van der Waals surface area contributed by atoms with Crippen molar-refractivity contribution in [3.05, 3.63) is 53.9 Å². The highest BCUT2D eigenvalue weighted by Gasteiger charge is 2.27. The van der Waals surface area contributed by atoms with Crippen molar-refractivity contribution in [2.24, 2.45) is 5.73 Å². The summed E-state index contributed by atoms with van der Waals surface area (Å²) >= 11 is 0. The third-order valence-corrected chi connectivity index (χ3v) is 6.45. The Hall–Kier alpha value is -2.82. The Labute approximate surface area is 169 Å². The number of hydrogen-bond donors (Lipinski definition) is 2. The van der Waals surface area contributed by atoms with E-state index in [9.17, 15) is 18.0 Å². The van der Waals surface area contributed by atoms with Gasteiger partial charge in [-0.25, -0.2) is 8.42 Å². The van der Waals surface area contributed by atoms with E-state index in [0.29, 0.717) is 32.0 Å². The molecule has 0 spiro atoms. The van der Waals surface area contributed by atoms with Crippen molar-refractivity contribution in [1.82, 2.24) is 4.31 Å². The maximum Gasteiger partial charge on any atom is 0.290 e. The van der Waals surface area contributed by atoms with Gasteiger partial charge < -0.3 is 15.8 Å². The van der Waals surface area contributed by atoms with Crippen LogP contribution in [0.5, 0.6) is 0 Å². The number of aryl methyl sites for hydroxylation is 1. The largest absolute Gasteiger partial charge is 0.379 e. The summed E-state index contributed by atoms with van der Waals surface area (Å²) in [7, 11) is -3.67. The second-order valence-electron chi connectivity index (χ2n) is 6.67. The van der Waals surface area contributed by atoms with Gasteiger partial charge in [-0.15, -0.1) is 0 Å². The molecular weight excluding hydrogens is 396 g/mol. The Bertz CT molecular complexity index is 1030. The lowest BCUT2D eigenvalue weighted by Crippen LogP contribution is -2.41. The number of hydrogen-bond acceptors (Lipinski definition) is 5. The second kappa shape index (κ2) is 8.68. The van der Waals surface area contributed by atoms with E-state index in [1.54, 1.807) is 31.3 Å². The summed E-state index contributed by atoms with van der Waals surface area (Å²) in [5.74, 6) is -0.947. The second-order valence-corrected chi connectivity index (χ2v) is 8.61. The number of ether oxygens (including phenoxy) is 1. The van der Waals surface area contributed by atoms with Crippen LogP contribution in [0.15, 0.2) is 47.6 Å². The average Bonchev–Trinajstić information content (AvgIpc) is 2.70. The number of pyridine rings is 1. The molecule has 3 rings (SSSR count). The van der Waals surface area contributed by atoms with Crippen LogP contribution in [-0.4, -0.2) is 50.8 Å². The molecule has 9 nitrogen and oxygen atoms in total. The quantitative estimate of drug-likeness (QED) is 0.640. The number of sulfonamides is 1. The number of benzene rings is 1. The molecule has 154 valence electrons.